The van der Waals surface area contributed by atoms with Gasteiger partial charge in [0.1, 0.15) is 11.8 Å². The van der Waals surface area contributed by atoms with E-state index in [1.807, 2.05) is 18.3 Å². The zero-order chi connectivity index (χ0) is 17.1. The lowest BCUT2D eigenvalue weighted by molar-refractivity contribution is 0.0605. The van der Waals surface area contributed by atoms with E-state index in [9.17, 15) is 5.11 Å². The molecule has 0 bridgehead atoms. The van der Waals surface area contributed by atoms with Gasteiger partial charge in [0, 0.05) is 24.2 Å². The summed E-state index contributed by atoms with van der Waals surface area (Å²) in [5.74, 6) is 1.19. The van der Waals surface area contributed by atoms with Crippen molar-refractivity contribution in [3.05, 3.63) is 41.8 Å². The van der Waals surface area contributed by atoms with Crippen LogP contribution < -0.4 is 0 Å². The molecule has 25 heavy (non-hydrogen) atoms. The van der Waals surface area contributed by atoms with Gasteiger partial charge in [0.05, 0.1) is 0 Å². The predicted molar refractivity (Wildman–Crippen MR) is 94.0 cm³/mol. The van der Waals surface area contributed by atoms with Crippen LogP contribution in [0, 0.1) is 5.92 Å². The second-order valence-electron chi connectivity index (χ2n) is 6.99. The standard InChI is InChI=1S/C19H24N4O2/c24-17(13-7-4-2-1-3-5-8-13)19-22-16(23-25-19)11-14-12-21-18-15(14)9-6-10-20-18/h6,9-10,12-13,17,24H,1-5,7-8,11H2,(H,20,21). The van der Waals surface area contributed by atoms with E-state index in [-0.39, 0.29) is 5.92 Å². The number of aromatic nitrogens is 4. The molecule has 0 aliphatic heterocycles. The van der Waals surface area contributed by atoms with E-state index in [0.29, 0.717) is 18.1 Å². The fourth-order valence-corrected chi connectivity index (χ4v) is 3.79. The minimum Gasteiger partial charge on any atom is -0.383 e. The molecule has 1 fully saturated rings. The van der Waals surface area contributed by atoms with E-state index in [0.717, 1.165) is 29.4 Å². The Hall–Kier alpha value is -2.21. The SMILES string of the molecule is OC(c1nc(Cc2c[nH]c3ncccc23)no1)C1CCCCCCC1. The smallest absolute Gasteiger partial charge is 0.255 e. The molecule has 0 aromatic carbocycles. The second kappa shape index (κ2) is 7.35. The van der Waals surface area contributed by atoms with E-state index in [1.54, 1.807) is 6.20 Å². The average molecular weight is 340 g/mol. The summed E-state index contributed by atoms with van der Waals surface area (Å²) >= 11 is 0. The molecule has 2 N–H and O–H groups in total. The van der Waals surface area contributed by atoms with Crippen LogP contribution in [0.1, 0.15) is 68.3 Å². The molecule has 6 heteroatoms. The van der Waals surface area contributed by atoms with Crippen LogP contribution in [0.15, 0.2) is 29.0 Å². The summed E-state index contributed by atoms with van der Waals surface area (Å²) in [4.78, 5) is 11.9. The van der Waals surface area contributed by atoms with Crippen LogP contribution in [-0.2, 0) is 6.42 Å². The Morgan fingerprint density at radius 2 is 2.00 bits per heavy atom. The first kappa shape index (κ1) is 16.3. The summed E-state index contributed by atoms with van der Waals surface area (Å²) < 4.78 is 5.38. The third-order valence-corrected chi connectivity index (χ3v) is 5.22. The summed E-state index contributed by atoms with van der Waals surface area (Å²) in [6, 6.07) is 3.94. The van der Waals surface area contributed by atoms with Crippen molar-refractivity contribution in [3.8, 4) is 0 Å². The van der Waals surface area contributed by atoms with Gasteiger partial charge in [-0.15, -0.1) is 0 Å². The molecule has 0 radical (unpaired) electrons. The molecule has 3 aromatic heterocycles. The van der Waals surface area contributed by atoms with Gasteiger partial charge in [0.25, 0.3) is 5.89 Å². The van der Waals surface area contributed by atoms with Gasteiger partial charge in [-0.1, -0.05) is 37.3 Å². The molecule has 1 aliphatic rings. The Morgan fingerprint density at radius 3 is 2.84 bits per heavy atom. The third-order valence-electron chi connectivity index (χ3n) is 5.22. The Balaban J connectivity index is 1.47. The molecule has 4 rings (SSSR count). The summed E-state index contributed by atoms with van der Waals surface area (Å²) in [6.45, 7) is 0. The fraction of sp³-hybridized carbons (Fsp3) is 0.526. The maximum Gasteiger partial charge on any atom is 0.255 e. The van der Waals surface area contributed by atoms with Crippen LogP contribution in [0.5, 0.6) is 0 Å². The van der Waals surface area contributed by atoms with Gasteiger partial charge < -0.3 is 14.6 Å². The maximum atomic E-state index is 10.7. The van der Waals surface area contributed by atoms with Crippen LogP contribution in [0.4, 0.5) is 0 Å². The van der Waals surface area contributed by atoms with Crippen molar-refractivity contribution in [2.45, 2.75) is 57.5 Å². The minimum absolute atomic E-state index is 0.228. The number of hydrogen-bond donors (Lipinski definition) is 2. The van der Waals surface area contributed by atoms with Crippen molar-refractivity contribution in [1.29, 1.82) is 0 Å². The van der Waals surface area contributed by atoms with E-state index >= 15 is 0 Å². The Labute approximate surface area is 146 Å². The molecule has 0 saturated heterocycles. The molecule has 1 aliphatic carbocycles. The number of aliphatic hydroxyl groups excluding tert-OH is 1. The van der Waals surface area contributed by atoms with E-state index in [4.69, 9.17) is 4.52 Å². The first-order chi connectivity index (χ1) is 12.3. The van der Waals surface area contributed by atoms with Crippen LogP contribution in [0.25, 0.3) is 11.0 Å². The molecule has 0 amide bonds. The summed E-state index contributed by atoms with van der Waals surface area (Å²) in [7, 11) is 0. The average Bonchev–Trinajstić information content (AvgIpc) is 3.22. The summed E-state index contributed by atoms with van der Waals surface area (Å²) in [5, 5.41) is 15.8. The third kappa shape index (κ3) is 3.58. The normalized spacial score (nSPS) is 18.1. The lowest BCUT2D eigenvalue weighted by atomic mass is 9.87. The molecular formula is C19H24N4O2. The van der Waals surface area contributed by atoms with Crippen molar-refractivity contribution in [2.24, 2.45) is 5.92 Å². The number of pyridine rings is 1. The van der Waals surface area contributed by atoms with Crippen molar-refractivity contribution >= 4 is 11.0 Å². The number of nitrogens with zero attached hydrogens (tertiary/aromatic N) is 3. The zero-order valence-electron chi connectivity index (χ0n) is 14.3. The van der Waals surface area contributed by atoms with Gasteiger partial charge in [-0.05, 0) is 36.5 Å². The number of aliphatic hydroxyl groups is 1. The molecular weight excluding hydrogens is 316 g/mol. The summed E-state index contributed by atoms with van der Waals surface area (Å²) in [5.41, 5.74) is 1.94. The molecule has 132 valence electrons. The fourth-order valence-electron chi connectivity index (χ4n) is 3.79. The van der Waals surface area contributed by atoms with Gasteiger partial charge in [-0.25, -0.2) is 4.98 Å². The Bertz CT molecular complexity index is 818. The van der Waals surface area contributed by atoms with Gasteiger partial charge >= 0.3 is 0 Å². The van der Waals surface area contributed by atoms with E-state index < -0.39 is 6.10 Å². The number of nitrogens with one attached hydrogen (secondary N) is 1. The van der Waals surface area contributed by atoms with Gasteiger partial charge in [0.2, 0.25) is 0 Å². The van der Waals surface area contributed by atoms with Crippen molar-refractivity contribution in [1.82, 2.24) is 20.1 Å². The largest absolute Gasteiger partial charge is 0.383 e. The Morgan fingerprint density at radius 1 is 1.20 bits per heavy atom. The van der Waals surface area contributed by atoms with Crippen molar-refractivity contribution in [2.75, 3.05) is 0 Å². The number of hydrogen-bond acceptors (Lipinski definition) is 5. The molecule has 1 saturated carbocycles. The number of aromatic amines is 1. The number of rotatable bonds is 4. The quantitative estimate of drug-likeness (QED) is 0.751. The molecule has 1 atom stereocenters. The second-order valence-corrected chi connectivity index (χ2v) is 6.99. The van der Waals surface area contributed by atoms with Crippen LogP contribution in [-0.4, -0.2) is 25.2 Å². The van der Waals surface area contributed by atoms with Crippen molar-refractivity contribution in [3.63, 3.8) is 0 Å². The topological polar surface area (TPSA) is 87.8 Å². The predicted octanol–water partition coefficient (Wildman–Crippen LogP) is 3.93. The lowest BCUT2D eigenvalue weighted by Gasteiger charge is -2.22. The highest BCUT2D eigenvalue weighted by molar-refractivity contribution is 5.79. The van der Waals surface area contributed by atoms with Gasteiger partial charge in [0.15, 0.2) is 5.82 Å². The van der Waals surface area contributed by atoms with Crippen LogP contribution >= 0.6 is 0 Å². The number of H-pyrrole nitrogens is 1. The highest BCUT2D eigenvalue weighted by atomic mass is 16.5. The number of fused-ring (bicyclic) bond motifs is 1. The molecule has 6 nitrogen and oxygen atoms in total. The van der Waals surface area contributed by atoms with E-state index in [2.05, 4.69) is 20.1 Å². The summed E-state index contributed by atoms with van der Waals surface area (Å²) in [6.07, 6.45) is 11.8. The van der Waals surface area contributed by atoms with Gasteiger partial charge in [-0.2, -0.15) is 4.98 Å². The molecule has 3 heterocycles. The molecule has 3 aromatic rings. The highest BCUT2D eigenvalue weighted by Crippen LogP contribution is 2.32. The zero-order valence-corrected chi connectivity index (χ0v) is 14.3. The monoisotopic (exact) mass is 340 g/mol. The van der Waals surface area contributed by atoms with Gasteiger partial charge in [-0.3, -0.25) is 0 Å². The first-order valence-corrected chi connectivity index (χ1v) is 9.23. The maximum absolute atomic E-state index is 10.7. The van der Waals surface area contributed by atoms with E-state index in [1.165, 1.54) is 32.1 Å². The molecule has 1 unspecified atom stereocenters. The lowest BCUT2D eigenvalue weighted by Crippen LogP contribution is -2.14. The Kier molecular flexibility index (Phi) is 4.78. The minimum atomic E-state index is -0.649. The van der Waals surface area contributed by atoms with Crippen LogP contribution in [0.2, 0.25) is 0 Å². The molecule has 0 spiro atoms. The van der Waals surface area contributed by atoms with Crippen LogP contribution in [0.3, 0.4) is 0 Å². The van der Waals surface area contributed by atoms with Crippen molar-refractivity contribution < 1.29 is 9.63 Å². The highest BCUT2D eigenvalue weighted by Gasteiger charge is 2.26. The first-order valence-electron chi connectivity index (χ1n) is 9.23.